The summed E-state index contributed by atoms with van der Waals surface area (Å²) >= 11 is 0. The van der Waals surface area contributed by atoms with Crippen LogP contribution in [0.15, 0.2) is 122 Å². The van der Waals surface area contributed by atoms with Crippen LogP contribution in [0.25, 0.3) is 0 Å². The molecule has 0 N–H and O–H groups in total. The molecule has 0 amide bonds. The van der Waals surface area contributed by atoms with Gasteiger partial charge in [-0.05, 0) is 103 Å². The molecule has 0 aliphatic heterocycles. The topological polar surface area (TPSA) is 111 Å². The number of rotatable bonds is 51. The molecular formula is C64H105NO8. The molecule has 0 rings (SSSR count). The first-order valence-corrected chi connectivity index (χ1v) is 28.7. The summed E-state index contributed by atoms with van der Waals surface area (Å²) < 4.78 is 22.6. The largest absolute Gasteiger partial charge is 0.545 e. The molecule has 0 fully saturated rings. The van der Waals surface area contributed by atoms with E-state index in [2.05, 4.69) is 135 Å². The Hall–Kier alpha value is -4.31. The maximum atomic E-state index is 12.9. The number of unbranched alkanes of at least 4 members (excludes halogenated alkanes) is 16. The zero-order chi connectivity index (χ0) is 53.4. The van der Waals surface area contributed by atoms with E-state index in [4.69, 9.17) is 18.9 Å². The van der Waals surface area contributed by atoms with Crippen LogP contribution in [-0.4, -0.2) is 82.3 Å². The van der Waals surface area contributed by atoms with Gasteiger partial charge in [0.1, 0.15) is 13.2 Å². The third kappa shape index (κ3) is 55.3. The fourth-order valence-electron chi connectivity index (χ4n) is 7.35. The second-order valence-corrected chi connectivity index (χ2v) is 19.8. The minimum Gasteiger partial charge on any atom is -0.545 e. The molecule has 0 aliphatic rings. The molecule has 0 saturated heterocycles. The van der Waals surface area contributed by atoms with Gasteiger partial charge in [0.05, 0.1) is 40.3 Å². The number of carboxylic acid groups (broad SMARTS) is 1. The highest BCUT2D eigenvalue weighted by atomic mass is 16.7. The van der Waals surface area contributed by atoms with E-state index in [1.54, 1.807) is 0 Å². The number of hydrogen-bond acceptors (Lipinski definition) is 8. The standard InChI is InChI=1S/C64H105NO8/c1-6-8-10-12-14-16-18-20-22-23-24-25-26-27-28-29-30-31-32-33-34-35-36-37-38-39-41-43-45-47-49-51-53-55-62(67)73-60(59-72-64(63(68)69)70-57-56-65(3,4)5)58-71-61(66)54-52-50-48-46-44-42-40-21-19-17-15-13-11-9-7-2/h8-11,14-17,20-22,24-25,27-28,30-31,40,44,46,60,64H,6-7,12-13,18-19,23,26,29,32-39,41-43,45,47-59H2,1-5H3/b10-8-,11-9-,16-14-,17-15-,22-20-,25-24-,28-27-,31-30-,40-21-,46-44-. The van der Waals surface area contributed by atoms with Gasteiger partial charge in [-0.3, -0.25) is 9.59 Å². The van der Waals surface area contributed by atoms with E-state index >= 15 is 0 Å². The van der Waals surface area contributed by atoms with Crippen LogP contribution in [0.3, 0.4) is 0 Å². The lowest BCUT2D eigenvalue weighted by atomic mass is 10.0. The van der Waals surface area contributed by atoms with Crippen LogP contribution in [-0.2, 0) is 33.3 Å². The lowest BCUT2D eigenvalue weighted by molar-refractivity contribution is -0.870. The van der Waals surface area contributed by atoms with Gasteiger partial charge in [-0.15, -0.1) is 0 Å². The molecule has 2 unspecified atom stereocenters. The number of quaternary nitrogens is 1. The molecule has 9 heteroatoms. The van der Waals surface area contributed by atoms with Crippen molar-refractivity contribution >= 4 is 17.9 Å². The van der Waals surface area contributed by atoms with Crippen molar-refractivity contribution in [3.63, 3.8) is 0 Å². The summed E-state index contributed by atoms with van der Waals surface area (Å²) in [7, 11) is 5.90. The van der Waals surface area contributed by atoms with Crippen LogP contribution in [0.2, 0.25) is 0 Å². The quantitative estimate of drug-likeness (QED) is 0.0195. The normalized spacial score (nSPS) is 13.7. The van der Waals surface area contributed by atoms with E-state index in [0.717, 1.165) is 96.3 Å². The number of carbonyl (C=O) groups is 3. The fourth-order valence-corrected chi connectivity index (χ4v) is 7.35. The van der Waals surface area contributed by atoms with E-state index in [1.165, 1.54) is 70.6 Å². The number of aliphatic carboxylic acids is 1. The average molecular weight is 1020 g/mol. The second-order valence-electron chi connectivity index (χ2n) is 19.8. The highest BCUT2D eigenvalue weighted by Crippen LogP contribution is 2.15. The van der Waals surface area contributed by atoms with Crippen LogP contribution < -0.4 is 5.11 Å². The van der Waals surface area contributed by atoms with E-state index in [0.29, 0.717) is 23.9 Å². The van der Waals surface area contributed by atoms with Gasteiger partial charge in [-0.1, -0.05) is 212 Å². The van der Waals surface area contributed by atoms with E-state index in [1.807, 2.05) is 21.1 Å². The number of esters is 2. The molecule has 9 nitrogen and oxygen atoms in total. The molecule has 0 bridgehead atoms. The molecule has 0 aromatic rings. The molecule has 0 radical (unpaired) electrons. The zero-order valence-corrected chi connectivity index (χ0v) is 47.0. The Morgan fingerprint density at radius 3 is 1.12 bits per heavy atom. The van der Waals surface area contributed by atoms with Gasteiger partial charge < -0.3 is 33.3 Å². The zero-order valence-electron chi connectivity index (χ0n) is 47.0. The SMILES string of the molecule is CC/C=C\C/C=C\C/C=C\C/C=C\C/C=C\C/C=C\CCCCCCCCCCCCCCCCC(=O)OC(COC(=O)CCCC/C=C\C/C=C\C/C=C\C/C=C\CC)COC(OCC[N+](C)(C)C)C(=O)[O-]. The van der Waals surface area contributed by atoms with Crippen LogP contribution in [0.1, 0.15) is 206 Å². The number of likely N-dealkylation sites (N-methyl/N-ethyl adjacent to an activating group) is 1. The molecule has 414 valence electrons. The molecule has 0 spiro atoms. The number of nitrogens with zero attached hydrogens (tertiary/aromatic N) is 1. The molecule has 0 saturated carbocycles. The number of carboxylic acids is 1. The third-order valence-electron chi connectivity index (χ3n) is 11.7. The summed E-state index contributed by atoms with van der Waals surface area (Å²) in [6.07, 6.45) is 72.6. The van der Waals surface area contributed by atoms with Gasteiger partial charge in [0.15, 0.2) is 12.4 Å². The predicted molar refractivity (Wildman–Crippen MR) is 306 cm³/mol. The molecule has 73 heavy (non-hydrogen) atoms. The van der Waals surface area contributed by atoms with Crippen LogP contribution in [0, 0.1) is 0 Å². The van der Waals surface area contributed by atoms with Crippen molar-refractivity contribution in [2.45, 2.75) is 219 Å². The molecule has 0 heterocycles. The van der Waals surface area contributed by atoms with Crippen LogP contribution in [0.4, 0.5) is 0 Å². The Balaban J connectivity index is 4.21. The van der Waals surface area contributed by atoms with Gasteiger partial charge >= 0.3 is 11.9 Å². The van der Waals surface area contributed by atoms with Gasteiger partial charge in [0.2, 0.25) is 0 Å². The smallest absolute Gasteiger partial charge is 0.306 e. The number of carbonyl (C=O) groups excluding carboxylic acids is 3. The molecule has 0 aromatic carbocycles. The Labute approximate surface area is 447 Å². The summed E-state index contributed by atoms with van der Waals surface area (Å²) in [6.45, 7) is 4.45. The van der Waals surface area contributed by atoms with Crippen molar-refractivity contribution < 1.29 is 42.9 Å². The van der Waals surface area contributed by atoms with Crippen molar-refractivity contribution in [2.24, 2.45) is 0 Å². The highest BCUT2D eigenvalue weighted by Gasteiger charge is 2.22. The van der Waals surface area contributed by atoms with E-state index in [-0.39, 0.29) is 32.7 Å². The van der Waals surface area contributed by atoms with Crippen molar-refractivity contribution in [2.75, 3.05) is 47.5 Å². The Kier molecular flexibility index (Phi) is 50.8. The first kappa shape index (κ1) is 68.7. The Morgan fingerprint density at radius 1 is 0.411 bits per heavy atom. The lowest BCUT2D eigenvalue weighted by Crippen LogP contribution is -2.44. The number of hydrogen-bond donors (Lipinski definition) is 0. The molecule has 0 aromatic heterocycles. The maximum Gasteiger partial charge on any atom is 0.306 e. The maximum absolute atomic E-state index is 12.9. The third-order valence-corrected chi connectivity index (χ3v) is 11.7. The molecular weight excluding hydrogens is 911 g/mol. The summed E-state index contributed by atoms with van der Waals surface area (Å²) in [5.41, 5.74) is 0. The van der Waals surface area contributed by atoms with Crippen molar-refractivity contribution in [3.8, 4) is 0 Å². The predicted octanol–water partition coefficient (Wildman–Crippen LogP) is 15.6. The summed E-state index contributed by atoms with van der Waals surface area (Å²) in [4.78, 5) is 37.2. The van der Waals surface area contributed by atoms with E-state index in [9.17, 15) is 19.5 Å². The summed E-state index contributed by atoms with van der Waals surface area (Å²) in [5.74, 6) is -2.35. The van der Waals surface area contributed by atoms with Crippen molar-refractivity contribution in [3.05, 3.63) is 122 Å². The van der Waals surface area contributed by atoms with Crippen LogP contribution in [0.5, 0.6) is 0 Å². The average Bonchev–Trinajstić information content (AvgIpc) is 3.36. The van der Waals surface area contributed by atoms with Gasteiger partial charge in [0, 0.05) is 12.8 Å². The molecule has 0 aliphatic carbocycles. The number of allylic oxidation sites excluding steroid dienone is 20. The first-order valence-electron chi connectivity index (χ1n) is 28.7. The number of ether oxygens (including phenoxy) is 4. The van der Waals surface area contributed by atoms with Gasteiger partial charge in [0.25, 0.3) is 0 Å². The second kappa shape index (κ2) is 54.0. The minimum atomic E-state index is -1.64. The minimum absolute atomic E-state index is 0.135. The molecule has 2 atom stereocenters. The van der Waals surface area contributed by atoms with Crippen LogP contribution >= 0.6 is 0 Å². The van der Waals surface area contributed by atoms with E-state index < -0.39 is 30.3 Å². The van der Waals surface area contributed by atoms with Crippen molar-refractivity contribution in [1.29, 1.82) is 0 Å². The highest BCUT2D eigenvalue weighted by molar-refractivity contribution is 5.70. The first-order chi connectivity index (χ1) is 35.6. The van der Waals surface area contributed by atoms with Gasteiger partial charge in [-0.25, -0.2) is 0 Å². The lowest BCUT2D eigenvalue weighted by Gasteiger charge is -2.26. The van der Waals surface area contributed by atoms with Crippen molar-refractivity contribution in [1.82, 2.24) is 0 Å². The monoisotopic (exact) mass is 1020 g/mol. The Bertz CT molecular complexity index is 1610. The summed E-state index contributed by atoms with van der Waals surface area (Å²) in [6, 6.07) is 0. The van der Waals surface area contributed by atoms with Gasteiger partial charge in [-0.2, -0.15) is 0 Å². The fraction of sp³-hybridized carbons (Fsp3) is 0.641. The Morgan fingerprint density at radius 2 is 0.740 bits per heavy atom. The summed E-state index contributed by atoms with van der Waals surface area (Å²) in [5, 5.41) is 11.8.